The van der Waals surface area contributed by atoms with Crippen LogP contribution in [0, 0.1) is 5.82 Å². The second kappa shape index (κ2) is 7.41. The van der Waals surface area contributed by atoms with E-state index in [1.165, 1.54) is 19.6 Å². The molecule has 1 aromatic rings. The molecule has 0 radical (unpaired) electrons. The Balaban J connectivity index is 1.86. The van der Waals surface area contributed by atoms with E-state index in [0.29, 0.717) is 6.54 Å². The summed E-state index contributed by atoms with van der Waals surface area (Å²) >= 11 is 0. The Morgan fingerprint density at radius 2 is 2.10 bits per heavy atom. The summed E-state index contributed by atoms with van der Waals surface area (Å²) in [4.78, 5) is 14.2. The molecule has 0 saturated carbocycles. The number of hydrogen-bond acceptors (Lipinski definition) is 3. The third-order valence-corrected chi connectivity index (χ3v) is 3.87. The highest BCUT2D eigenvalue weighted by molar-refractivity contribution is 5.81. The van der Waals surface area contributed by atoms with Gasteiger partial charge in [0.2, 0.25) is 5.91 Å². The molecule has 1 saturated heterocycles. The largest absolute Gasteiger partial charge is 0.494 e. The van der Waals surface area contributed by atoms with E-state index in [4.69, 9.17) is 4.74 Å². The molecule has 0 bridgehead atoms. The maximum Gasteiger partial charge on any atom is 0.239 e. The molecule has 1 unspecified atom stereocenters. The summed E-state index contributed by atoms with van der Waals surface area (Å²) in [6.07, 6.45) is 3.38. The maximum absolute atomic E-state index is 13.6. The summed E-state index contributed by atoms with van der Waals surface area (Å²) < 4.78 is 18.5. The number of nitrogens with zero attached hydrogens (tertiary/aromatic N) is 1. The third kappa shape index (κ3) is 4.17. The second-order valence-electron chi connectivity index (χ2n) is 5.46. The first kappa shape index (κ1) is 15.8. The number of methoxy groups -OCH3 is 1. The summed E-state index contributed by atoms with van der Waals surface area (Å²) in [6.45, 7) is 4.02. The second-order valence-corrected chi connectivity index (χ2v) is 5.46. The first-order chi connectivity index (χ1) is 10.1. The number of carbonyl (C=O) groups excluding carboxylic acids is 1. The van der Waals surface area contributed by atoms with Crippen molar-refractivity contribution in [1.82, 2.24) is 10.2 Å². The fourth-order valence-corrected chi connectivity index (χ4v) is 2.57. The first-order valence-corrected chi connectivity index (χ1v) is 7.46. The molecule has 1 atom stereocenters. The molecule has 0 aliphatic carbocycles. The maximum atomic E-state index is 13.6. The predicted octanol–water partition coefficient (Wildman–Crippen LogP) is 2.32. The summed E-state index contributed by atoms with van der Waals surface area (Å²) in [5.74, 6) is -0.0216. The number of halogens is 1. The van der Waals surface area contributed by atoms with Crippen LogP contribution < -0.4 is 10.1 Å². The van der Waals surface area contributed by atoms with Gasteiger partial charge in [-0.2, -0.15) is 0 Å². The Kier molecular flexibility index (Phi) is 5.56. The van der Waals surface area contributed by atoms with Crippen LogP contribution in [-0.4, -0.2) is 37.0 Å². The Bertz CT molecular complexity index is 487. The van der Waals surface area contributed by atoms with Gasteiger partial charge in [0.05, 0.1) is 13.2 Å². The minimum atomic E-state index is -0.383. The fraction of sp³-hybridized carbons (Fsp3) is 0.562. The zero-order valence-electron chi connectivity index (χ0n) is 12.7. The van der Waals surface area contributed by atoms with Crippen molar-refractivity contribution in [3.05, 3.63) is 29.6 Å². The molecule has 5 heteroatoms. The smallest absolute Gasteiger partial charge is 0.239 e. The minimum Gasteiger partial charge on any atom is -0.494 e. The topological polar surface area (TPSA) is 41.6 Å². The van der Waals surface area contributed by atoms with Gasteiger partial charge in [-0.3, -0.25) is 4.79 Å². The van der Waals surface area contributed by atoms with Gasteiger partial charge in [0, 0.05) is 19.6 Å². The van der Waals surface area contributed by atoms with Gasteiger partial charge in [-0.25, -0.2) is 4.39 Å². The number of piperidine rings is 1. The van der Waals surface area contributed by atoms with Crippen LogP contribution in [0.15, 0.2) is 18.2 Å². The van der Waals surface area contributed by atoms with Crippen molar-refractivity contribution in [3.63, 3.8) is 0 Å². The van der Waals surface area contributed by atoms with E-state index in [1.54, 1.807) is 12.1 Å². The van der Waals surface area contributed by atoms with Gasteiger partial charge in [0.25, 0.3) is 0 Å². The molecule has 1 aromatic carbocycles. The van der Waals surface area contributed by atoms with E-state index in [-0.39, 0.29) is 23.5 Å². The normalized spacial score (nSPS) is 16.6. The van der Waals surface area contributed by atoms with Crippen LogP contribution in [0.2, 0.25) is 0 Å². The molecule has 4 nitrogen and oxygen atoms in total. The molecule has 1 aliphatic heterocycles. The summed E-state index contributed by atoms with van der Waals surface area (Å²) in [7, 11) is 1.44. The lowest BCUT2D eigenvalue weighted by molar-refractivity contribution is -0.133. The van der Waals surface area contributed by atoms with Crippen molar-refractivity contribution in [2.75, 3.05) is 20.2 Å². The van der Waals surface area contributed by atoms with Crippen LogP contribution >= 0.6 is 0 Å². The lowest BCUT2D eigenvalue weighted by Gasteiger charge is -2.29. The van der Waals surface area contributed by atoms with Crippen molar-refractivity contribution < 1.29 is 13.9 Å². The van der Waals surface area contributed by atoms with Gasteiger partial charge < -0.3 is 15.0 Å². The molecular formula is C16H23FN2O2. The highest BCUT2D eigenvalue weighted by atomic mass is 19.1. The molecule has 1 aliphatic rings. The highest BCUT2D eigenvalue weighted by Gasteiger charge is 2.21. The summed E-state index contributed by atoms with van der Waals surface area (Å²) in [5.41, 5.74) is 0.798. The minimum absolute atomic E-state index is 0.128. The highest BCUT2D eigenvalue weighted by Crippen LogP contribution is 2.17. The van der Waals surface area contributed by atoms with Gasteiger partial charge in [0.15, 0.2) is 11.6 Å². The lowest BCUT2D eigenvalue weighted by atomic mass is 10.1. The number of likely N-dealkylation sites (tertiary alicyclic amines) is 1. The fourth-order valence-electron chi connectivity index (χ4n) is 2.57. The van der Waals surface area contributed by atoms with E-state index in [1.807, 2.05) is 11.8 Å². The molecular weight excluding hydrogens is 271 g/mol. The molecule has 1 fully saturated rings. The molecule has 0 aromatic heterocycles. The molecule has 21 heavy (non-hydrogen) atoms. The first-order valence-electron chi connectivity index (χ1n) is 7.46. The number of carbonyl (C=O) groups is 1. The average molecular weight is 294 g/mol. The number of ether oxygens (including phenoxy) is 1. The summed E-state index contributed by atoms with van der Waals surface area (Å²) in [5, 5.41) is 3.16. The van der Waals surface area contributed by atoms with Crippen molar-refractivity contribution in [2.24, 2.45) is 0 Å². The van der Waals surface area contributed by atoms with Crippen molar-refractivity contribution >= 4 is 5.91 Å². The molecule has 1 amide bonds. The monoisotopic (exact) mass is 294 g/mol. The Hall–Kier alpha value is -1.62. The van der Waals surface area contributed by atoms with E-state index in [2.05, 4.69) is 5.32 Å². The van der Waals surface area contributed by atoms with Crippen molar-refractivity contribution in [2.45, 2.75) is 38.8 Å². The zero-order chi connectivity index (χ0) is 15.2. The van der Waals surface area contributed by atoms with Gasteiger partial charge in [-0.15, -0.1) is 0 Å². The standard InChI is InChI=1S/C16H23FN2O2/c1-12(16(20)19-8-4-3-5-9-19)18-11-13-6-7-15(21-2)14(17)10-13/h6-7,10,12,18H,3-5,8-9,11H2,1-2H3. The average Bonchev–Trinajstić information content (AvgIpc) is 2.52. The Morgan fingerprint density at radius 3 is 2.71 bits per heavy atom. The molecule has 1 N–H and O–H groups in total. The Morgan fingerprint density at radius 1 is 1.38 bits per heavy atom. The molecule has 1 heterocycles. The van der Waals surface area contributed by atoms with E-state index in [9.17, 15) is 9.18 Å². The van der Waals surface area contributed by atoms with Crippen LogP contribution in [0.5, 0.6) is 5.75 Å². The third-order valence-electron chi connectivity index (χ3n) is 3.87. The summed E-state index contributed by atoms with van der Waals surface area (Å²) in [6, 6.07) is 4.58. The van der Waals surface area contributed by atoms with Crippen molar-refractivity contribution in [3.8, 4) is 5.75 Å². The van der Waals surface area contributed by atoms with Gasteiger partial charge >= 0.3 is 0 Å². The molecule has 116 valence electrons. The molecule has 0 spiro atoms. The van der Waals surface area contributed by atoms with Gasteiger partial charge in [0.1, 0.15) is 0 Å². The zero-order valence-corrected chi connectivity index (χ0v) is 12.7. The van der Waals surface area contributed by atoms with Gasteiger partial charge in [-0.05, 0) is 43.9 Å². The lowest BCUT2D eigenvalue weighted by Crippen LogP contribution is -2.46. The predicted molar refractivity (Wildman–Crippen MR) is 79.7 cm³/mol. The van der Waals surface area contributed by atoms with Crippen LogP contribution in [-0.2, 0) is 11.3 Å². The molecule has 2 rings (SSSR count). The quantitative estimate of drug-likeness (QED) is 0.906. The number of hydrogen-bond donors (Lipinski definition) is 1. The number of benzene rings is 1. The van der Waals surface area contributed by atoms with E-state index >= 15 is 0 Å². The van der Waals surface area contributed by atoms with Crippen LogP contribution in [0.1, 0.15) is 31.7 Å². The number of rotatable bonds is 5. The van der Waals surface area contributed by atoms with Crippen LogP contribution in [0.3, 0.4) is 0 Å². The van der Waals surface area contributed by atoms with Crippen molar-refractivity contribution in [1.29, 1.82) is 0 Å². The number of nitrogens with one attached hydrogen (secondary N) is 1. The van der Waals surface area contributed by atoms with Crippen LogP contribution in [0.4, 0.5) is 4.39 Å². The van der Waals surface area contributed by atoms with Crippen LogP contribution in [0.25, 0.3) is 0 Å². The Labute approximate surface area is 125 Å². The van der Waals surface area contributed by atoms with Gasteiger partial charge in [-0.1, -0.05) is 6.07 Å². The number of amides is 1. The van der Waals surface area contributed by atoms with E-state index in [0.717, 1.165) is 31.5 Å². The van der Waals surface area contributed by atoms with E-state index < -0.39 is 0 Å². The SMILES string of the molecule is COc1ccc(CNC(C)C(=O)N2CCCCC2)cc1F.